The van der Waals surface area contributed by atoms with Gasteiger partial charge in [-0.25, -0.2) is 8.42 Å². The van der Waals surface area contributed by atoms with Gasteiger partial charge in [0, 0.05) is 22.3 Å². The lowest BCUT2D eigenvalue weighted by Gasteiger charge is -2.17. The van der Waals surface area contributed by atoms with Gasteiger partial charge in [-0.3, -0.25) is 9.10 Å². The molecule has 0 bridgehead atoms. The van der Waals surface area contributed by atoms with Crippen molar-refractivity contribution in [3.63, 3.8) is 0 Å². The molecule has 0 unspecified atom stereocenters. The van der Waals surface area contributed by atoms with Crippen LogP contribution in [0, 0.1) is 0 Å². The first-order valence-corrected chi connectivity index (χ1v) is 9.53. The smallest absolute Gasteiger partial charge is 0.255 e. The summed E-state index contributed by atoms with van der Waals surface area (Å²) in [5.74, 6) is -0.0746. The number of anilines is 2. The van der Waals surface area contributed by atoms with Crippen molar-refractivity contribution in [2.75, 3.05) is 21.9 Å². The number of hydrogen-bond acceptors (Lipinski definition) is 3. The number of amides is 1. The topological polar surface area (TPSA) is 66.5 Å². The van der Waals surface area contributed by atoms with Crippen molar-refractivity contribution in [3.8, 4) is 0 Å². The number of nitrogens with one attached hydrogen (secondary N) is 1. The molecule has 1 heterocycles. The molecule has 0 atom stereocenters. The van der Waals surface area contributed by atoms with Gasteiger partial charge in [-0.05, 0) is 42.8 Å². The highest BCUT2D eigenvalue weighted by Crippen LogP contribution is 2.26. The third kappa shape index (κ3) is 3.56. The molecule has 1 fully saturated rings. The van der Waals surface area contributed by atoms with Crippen LogP contribution in [-0.2, 0) is 10.0 Å². The van der Waals surface area contributed by atoms with E-state index in [1.807, 2.05) is 6.07 Å². The van der Waals surface area contributed by atoms with Crippen LogP contribution in [0.5, 0.6) is 0 Å². The number of hydrogen-bond donors (Lipinski definition) is 1. The summed E-state index contributed by atoms with van der Waals surface area (Å²) in [6, 6.07) is 14.0. The summed E-state index contributed by atoms with van der Waals surface area (Å²) in [7, 11) is -3.23. The van der Waals surface area contributed by atoms with Crippen molar-refractivity contribution in [1.82, 2.24) is 0 Å². The maximum absolute atomic E-state index is 12.3. The van der Waals surface area contributed by atoms with Crippen molar-refractivity contribution in [2.45, 2.75) is 6.42 Å². The number of carbonyl (C=O) groups is 1. The summed E-state index contributed by atoms with van der Waals surface area (Å²) >= 11 is 3.33. The van der Waals surface area contributed by atoms with Crippen LogP contribution in [0.15, 0.2) is 53.0 Å². The van der Waals surface area contributed by atoms with Crippen LogP contribution >= 0.6 is 15.9 Å². The second kappa shape index (κ2) is 6.33. The fraction of sp³-hybridized carbons (Fsp3) is 0.188. The van der Waals surface area contributed by atoms with E-state index in [0.717, 1.165) is 4.47 Å². The first-order valence-electron chi connectivity index (χ1n) is 7.13. The second-order valence-electron chi connectivity index (χ2n) is 5.26. The largest absolute Gasteiger partial charge is 0.322 e. The molecule has 2 aromatic rings. The van der Waals surface area contributed by atoms with Crippen LogP contribution in [0.25, 0.3) is 0 Å². The summed E-state index contributed by atoms with van der Waals surface area (Å²) in [4.78, 5) is 12.3. The maximum Gasteiger partial charge on any atom is 0.255 e. The maximum atomic E-state index is 12.3. The lowest BCUT2D eigenvalue weighted by atomic mass is 10.2. The molecule has 23 heavy (non-hydrogen) atoms. The number of sulfonamides is 1. The molecule has 7 heteroatoms. The summed E-state index contributed by atoms with van der Waals surface area (Å²) in [6.45, 7) is 0.478. The number of carbonyl (C=O) groups excluding carboxylic acids is 1. The SMILES string of the molecule is O=C(Nc1cccc(N2CCCS2(=O)=O)c1)c1cccc(Br)c1. The van der Waals surface area contributed by atoms with E-state index in [1.54, 1.807) is 42.5 Å². The van der Waals surface area contributed by atoms with Crippen molar-refractivity contribution < 1.29 is 13.2 Å². The molecule has 0 aromatic heterocycles. The van der Waals surface area contributed by atoms with Crippen LogP contribution in [0.2, 0.25) is 0 Å². The number of rotatable bonds is 3. The Hall–Kier alpha value is -1.86. The van der Waals surface area contributed by atoms with E-state index >= 15 is 0 Å². The normalized spacial score (nSPS) is 16.3. The molecule has 1 aliphatic heterocycles. The number of nitrogens with zero attached hydrogens (tertiary/aromatic N) is 1. The van der Waals surface area contributed by atoms with E-state index in [9.17, 15) is 13.2 Å². The van der Waals surface area contributed by atoms with Gasteiger partial charge in [0.2, 0.25) is 10.0 Å². The van der Waals surface area contributed by atoms with Crippen molar-refractivity contribution in [2.24, 2.45) is 0 Å². The summed E-state index contributed by atoms with van der Waals surface area (Å²) in [6.07, 6.45) is 0.622. The van der Waals surface area contributed by atoms with E-state index in [0.29, 0.717) is 29.9 Å². The van der Waals surface area contributed by atoms with E-state index in [-0.39, 0.29) is 11.7 Å². The van der Waals surface area contributed by atoms with Gasteiger partial charge in [0.1, 0.15) is 0 Å². The van der Waals surface area contributed by atoms with Gasteiger partial charge in [0.25, 0.3) is 5.91 Å². The van der Waals surface area contributed by atoms with Gasteiger partial charge in [-0.1, -0.05) is 28.1 Å². The van der Waals surface area contributed by atoms with Crippen LogP contribution < -0.4 is 9.62 Å². The average molecular weight is 395 g/mol. The van der Waals surface area contributed by atoms with Gasteiger partial charge < -0.3 is 5.32 Å². The zero-order chi connectivity index (χ0) is 16.4. The highest BCUT2D eigenvalue weighted by atomic mass is 79.9. The fourth-order valence-electron chi connectivity index (χ4n) is 2.50. The highest BCUT2D eigenvalue weighted by Gasteiger charge is 2.28. The molecule has 0 radical (unpaired) electrons. The minimum absolute atomic E-state index is 0.168. The van der Waals surface area contributed by atoms with Crippen LogP contribution in [-0.4, -0.2) is 26.6 Å². The summed E-state index contributed by atoms with van der Waals surface area (Å²) in [5.41, 5.74) is 1.67. The molecular formula is C16H15BrN2O3S. The predicted molar refractivity (Wildman–Crippen MR) is 94.3 cm³/mol. The molecule has 1 amide bonds. The highest BCUT2D eigenvalue weighted by molar-refractivity contribution is 9.10. The van der Waals surface area contributed by atoms with Crippen molar-refractivity contribution >= 4 is 43.2 Å². The Bertz CT molecular complexity index is 852. The zero-order valence-corrected chi connectivity index (χ0v) is 14.6. The molecular weight excluding hydrogens is 380 g/mol. The van der Waals surface area contributed by atoms with Gasteiger partial charge in [-0.15, -0.1) is 0 Å². The molecule has 1 aliphatic rings. The molecule has 1 N–H and O–H groups in total. The Kier molecular flexibility index (Phi) is 4.41. The van der Waals surface area contributed by atoms with Gasteiger partial charge in [0.05, 0.1) is 11.4 Å². The number of halogens is 1. The lowest BCUT2D eigenvalue weighted by molar-refractivity contribution is 0.102. The Labute approximate surface area is 143 Å². The zero-order valence-electron chi connectivity index (χ0n) is 12.2. The predicted octanol–water partition coefficient (Wildman–Crippen LogP) is 3.24. The van der Waals surface area contributed by atoms with E-state index in [4.69, 9.17) is 0 Å². The van der Waals surface area contributed by atoms with E-state index in [1.165, 1.54) is 4.31 Å². The Morgan fingerprint density at radius 1 is 1.13 bits per heavy atom. The third-order valence-corrected chi connectivity index (χ3v) is 5.94. The Morgan fingerprint density at radius 2 is 1.91 bits per heavy atom. The van der Waals surface area contributed by atoms with Crippen molar-refractivity contribution in [3.05, 3.63) is 58.6 Å². The third-order valence-electron chi connectivity index (χ3n) is 3.58. The van der Waals surface area contributed by atoms with E-state index < -0.39 is 10.0 Å². The monoisotopic (exact) mass is 394 g/mol. The molecule has 0 saturated carbocycles. The molecule has 120 valence electrons. The summed E-state index contributed by atoms with van der Waals surface area (Å²) < 4.78 is 26.2. The van der Waals surface area contributed by atoms with Crippen molar-refractivity contribution in [1.29, 1.82) is 0 Å². The molecule has 5 nitrogen and oxygen atoms in total. The molecule has 1 saturated heterocycles. The lowest BCUT2D eigenvalue weighted by Crippen LogP contribution is -2.25. The quantitative estimate of drug-likeness (QED) is 0.868. The first-order chi connectivity index (χ1) is 11.0. The Balaban J connectivity index is 1.82. The Morgan fingerprint density at radius 3 is 2.61 bits per heavy atom. The fourth-order valence-corrected chi connectivity index (χ4v) is 4.46. The van der Waals surface area contributed by atoms with Crippen LogP contribution in [0.4, 0.5) is 11.4 Å². The first kappa shape index (κ1) is 16.0. The molecule has 0 aliphatic carbocycles. The van der Waals surface area contributed by atoms with Gasteiger partial charge in [0.15, 0.2) is 0 Å². The van der Waals surface area contributed by atoms with Crippen LogP contribution in [0.1, 0.15) is 16.8 Å². The molecule has 3 rings (SSSR count). The number of benzene rings is 2. The molecule has 2 aromatic carbocycles. The van der Waals surface area contributed by atoms with E-state index in [2.05, 4.69) is 21.2 Å². The minimum atomic E-state index is -3.23. The summed E-state index contributed by atoms with van der Waals surface area (Å²) in [5, 5.41) is 2.80. The van der Waals surface area contributed by atoms with Gasteiger partial charge in [-0.2, -0.15) is 0 Å². The standard InChI is InChI=1S/C16H15BrN2O3S/c17-13-5-1-4-12(10-13)16(20)18-14-6-2-7-15(11-14)19-8-3-9-23(19,21)22/h1-2,4-7,10-11H,3,8-9H2,(H,18,20). The minimum Gasteiger partial charge on any atom is -0.322 e. The second-order valence-corrected chi connectivity index (χ2v) is 8.19. The molecule has 0 spiro atoms. The average Bonchev–Trinajstić information content (AvgIpc) is 2.87. The van der Waals surface area contributed by atoms with Gasteiger partial charge >= 0.3 is 0 Å². The van der Waals surface area contributed by atoms with Crippen LogP contribution in [0.3, 0.4) is 0 Å².